The molecule has 0 atom stereocenters. The minimum absolute atomic E-state index is 0.0232. The van der Waals surface area contributed by atoms with Crippen LogP contribution in [0.25, 0.3) is 0 Å². The smallest absolute Gasteiger partial charge is 0.285 e. The zero-order chi connectivity index (χ0) is 16.3. The summed E-state index contributed by atoms with van der Waals surface area (Å²) >= 11 is 0. The summed E-state index contributed by atoms with van der Waals surface area (Å²) in [6, 6.07) is 8.46. The average molecular weight is 297 g/mol. The van der Waals surface area contributed by atoms with E-state index in [1.807, 2.05) is 6.07 Å². The molecule has 0 aliphatic rings. The van der Waals surface area contributed by atoms with E-state index in [1.54, 1.807) is 45.2 Å². The standard InChI is InChI=1S/C16H15N3O3/c1-10-11(2)18-19(16(21)14(10)8-17)9-15(20)12-4-6-13(22-3)7-5-12/h4-7H,9H2,1-3H3. The van der Waals surface area contributed by atoms with E-state index in [4.69, 9.17) is 10.00 Å². The van der Waals surface area contributed by atoms with Gasteiger partial charge in [0.25, 0.3) is 5.56 Å². The highest BCUT2D eigenvalue weighted by atomic mass is 16.5. The Balaban J connectivity index is 2.34. The van der Waals surface area contributed by atoms with Crippen molar-refractivity contribution in [3.63, 3.8) is 0 Å². The summed E-state index contributed by atoms with van der Waals surface area (Å²) in [6.45, 7) is 3.16. The molecular weight excluding hydrogens is 282 g/mol. The molecule has 0 fully saturated rings. The number of rotatable bonds is 4. The van der Waals surface area contributed by atoms with Crippen molar-refractivity contribution >= 4 is 5.78 Å². The molecule has 1 heterocycles. The number of aryl methyl sites for hydroxylation is 1. The van der Waals surface area contributed by atoms with Gasteiger partial charge in [-0.25, -0.2) is 4.68 Å². The van der Waals surface area contributed by atoms with E-state index >= 15 is 0 Å². The number of hydrogen-bond donors (Lipinski definition) is 0. The van der Waals surface area contributed by atoms with Crippen LogP contribution in [0.4, 0.5) is 0 Å². The molecule has 0 bridgehead atoms. The second-order valence-corrected chi connectivity index (χ2v) is 4.81. The normalized spacial score (nSPS) is 10.1. The van der Waals surface area contributed by atoms with Crippen molar-refractivity contribution in [3.8, 4) is 11.8 Å². The van der Waals surface area contributed by atoms with Gasteiger partial charge >= 0.3 is 0 Å². The number of methoxy groups -OCH3 is 1. The van der Waals surface area contributed by atoms with Crippen molar-refractivity contribution < 1.29 is 9.53 Å². The molecule has 0 saturated heterocycles. The number of carbonyl (C=O) groups excluding carboxylic acids is 1. The molecule has 1 aromatic carbocycles. The molecule has 0 spiro atoms. The Kier molecular flexibility index (Phi) is 4.37. The third kappa shape index (κ3) is 2.88. The third-order valence-electron chi connectivity index (χ3n) is 3.45. The van der Waals surface area contributed by atoms with Crippen LogP contribution < -0.4 is 10.3 Å². The molecule has 0 N–H and O–H groups in total. The SMILES string of the molecule is COc1ccc(C(=O)Cn2nc(C)c(C)c(C#N)c2=O)cc1. The lowest BCUT2D eigenvalue weighted by atomic mass is 10.1. The van der Waals surface area contributed by atoms with Gasteiger partial charge in [0.05, 0.1) is 12.8 Å². The second kappa shape index (κ2) is 6.22. The van der Waals surface area contributed by atoms with Gasteiger partial charge in [-0.3, -0.25) is 9.59 Å². The zero-order valence-corrected chi connectivity index (χ0v) is 12.6. The summed E-state index contributed by atoms with van der Waals surface area (Å²) in [5.41, 5.74) is 1.02. The number of nitriles is 1. The van der Waals surface area contributed by atoms with Crippen LogP contribution in [0.5, 0.6) is 5.75 Å². The Morgan fingerprint density at radius 1 is 1.32 bits per heavy atom. The Bertz CT molecular complexity index is 814. The van der Waals surface area contributed by atoms with Gasteiger partial charge in [0.15, 0.2) is 5.78 Å². The number of nitrogens with zero attached hydrogens (tertiary/aromatic N) is 3. The summed E-state index contributed by atoms with van der Waals surface area (Å²) < 4.78 is 6.07. The predicted octanol–water partition coefficient (Wildman–Crippen LogP) is 1.62. The maximum Gasteiger partial charge on any atom is 0.285 e. The first-order valence-electron chi connectivity index (χ1n) is 6.63. The number of hydrogen-bond acceptors (Lipinski definition) is 5. The van der Waals surface area contributed by atoms with E-state index in [2.05, 4.69) is 5.10 Å². The number of ether oxygens (including phenoxy) is 1. The molecule has 6 heteroatoms. The minimum Gasteiger partial charge on any atom is -0.497 e. The second-order valence-electron chi connectivity index (χ2n) is 4.81. The lowest BCUT2D eigenvalue weighted by Crippen LogP contribution is -2.30. The lowest BCUT2D eigenvalue weighted by molar-refractivity contribution is 0.0965. The highest BCUT2D eigenvalue weighted by Gasteiger charge is 2.14. The van der Waals surface area contributed by atoms with E-state index in [1.165, 1.54) is 0 Å². The molecule has 112 valence electrons. The van der Waals surface area contributed by atoms with Crippen molar-refractivity contribution in [3.05, 3.63) is 57.0 Å². The largest absolute Gasteiger partial charge is 0.497 e. The first-order chi connectivity index (χ1) is 10.5. The van der Waals surface area contributed by atoms with Crippen molar-refractivity contribution in [2.24, 2.45) is 0 Å². The monoisotopic (exact) mass is 297 g/mol. The van der Waals surface area contributed by atoms with Gasteiger partial charge in [-0.15, -0.1) is 0 Å². The molecule has 6 nitrogen and oxygen atoms in total. The molecule has 0 radical (unpaired) electrons. The van der Waals surface area contributed by atoms with Crippen molar-refractivity contribution in [2.45, 2.75) is 20.4 Å². The summed E-state index contributed by atoms with van der Waals surface area (Å²) in [5.74, 6) is 0.384. The van der Waals surface area contributed by atoms with Crippen LogP contribution in [0.3, 0.4) is 0 Å². The van der Waals surface area contributed by atoms with Gasteiger partial charge in [-0.2, -0.15) is 10.4 Å². The highest BCUT2D eigenvalue weighted by molar-refractivity contribution is 5.95. The first kappa shape index (κ1) is 15.4. The number of Topliss-reactive ketones (excluding diaryl/α,β-unsaturated/α-hetero) is 1. The van der Waals surface area contributed by atoms with E-state index < -0.39 is 5.56 Å². The summed E-state index contributed by atoms with van der Waals surface area (Å²) in [6.07, 6.45) is 0. The Hall–Kier alpha value is -2.94. The fourth-order valence-electron chi connectivity index (χ4n) is 2.01. The molecule has 1 aromatic heterocycles. The van der Waals surface area contributed by atoms with Crippen LogP contribution in [0, 0.1) is 25.2 Å². The fraction of sp³-hybridized carbons (Fsp3) is 0.250. The van der Waals surface area contributed by atoms with E-state index in [-0.39, 0.29) is 17.9 Å². The quantitative estimate of drug-likeness (QED) is 0.801. The number of ketones is 1. The van der Waals surface area contributed by atoms with Crippen LogP contribution in [-0.4, -0.2) is 22.7 Å². The Morgan fingerprint density at radius 2 is 1.95 bits per heavy atom. The maximum absolute atomic E-state index is 12.2. The van der Waals surface area contributed by atoms with Crippen LogP contribution in [0.15, 0.2) is 29.1 Å². The molecule has 2 rings (SSSR count). The van der Waals surface area contributed by atoms with Crippen molar-refractivity contribution in [1.29, 1.82) is 5.26 Å². The zero-order valence-electron chi connectivity index (χ0n) is 12.6. The molecule has 0 amide bonds. The molecule has 0 aliphatic heterocycles. The summed E-state index contributed by atoms with van der Waals surface area (Å²) in [5, 5.41) is 13.2. The molecular formula is C16H15N3O3. The van der Waals surface area contributed by atoms with E-state index in [9.17, 15) is 9.59 Å². The average Bonchev–Trinajstić information content (AvgIpc) is 2.53. The van der Waals surface area contributed by atoms with Gasteiger partial charge < -0.3 is 4.74 Å². The van der Waals surface area contributed by atoms with Gasteiger partial charge in [-0.1, -0.05) is 0 Å². The highest BCUT2D eigenvalue weighted by Crippen LogP contribution is 2.12. The minimum atomic E-state index is -0.549. The summed E-state index contributed by atoms with van der Waals surface area (Å²) in [4.78, 5) is 24.4. The molecule has 0 saturated carbocycles. The van der Waals surface area contributed by atoms with Crippen LogP contribution in [0.1, 0.15) is 27.2 Å². The van der Waals surface area contributed by atoms with Crippen molar-refractivity contribution in [2.75, 3.05) is 7.11 Å². The number of aromatic nitrogens is 2. The molecule has 2 aromatic rings. The number of benzene rings is 1. The Labute approximate surface area is 127 Å². The lowest BCUT2D eigenvalue weighted by Gasteiger charge is -2.08. The predicted molar refractivity (Wildman–Crippen MR) is 80.0 cm³/mol. The fourth-order valence-corrected chi connectivity index (χ4v) is 2.01. The van der Waals surface area contributed by atoms with Gasteiger partial charge in [0.1, 0.15) is 23.9 Å². The van der Waals surface area contributed by atoms with Crippen molar-refractivity contribution in [1.82, 2.24) is 9.78 Å². The first-order valence-corrected chi connectivity index (χ1v) is 6.63. The van der Waals surface area contributed by atoms with Gasteiger partial charge in [-0.05, 0) is 43.7 Å². The van der Waals surface area contributed by atoms with Crippen LogP contribution in [-0.2, 0) is 6.54 Å². The molecule has 0 aliphatic carbocycles. The van der Waals surface area contributed by atoms with Gasteiger partial charge in [0, 0.05) is 5.56 Å². The topological polar surface area (TPSA) is 85.0 Å². The molecule has 0 unspecified atom stereocenters. The maximum atomic E-state index is 12.2. The number of carbonyl (C=O) groups is 1. The summed E-state index contributed by atoms with van der Waals surface area (Å²) in [7, 11) is 1.54. The third-order valence-corrected chi connectivity index (χ3v) is 3.45. The molecule has 22 heavy (non-hydrogen) atoms. The Morgan fingerprint density at radius 3 is 2.50 bits per heavy atom. The van der Waals surface area contributed by atoms with E-state index in [0.717, 1.165) is 4.68 Å². The van der Waals surface area contributed by atoms with Crippen LogP contribution >= 0.6 is 0 Å². The van der Waals surface area contributed by atoms with E-state index in [0.29, 0.717) is 22.6 Å². The van der Waals surface area contributed by atoms with Gasteiger partial charge in [0.2, 0.25) is 0 Å². The van der Waals surface area contributed by atoms with Crippen LogP contribution in [0.2, 0.25) is 0 Å².